The first-order chi connectivity index (χ1) is 11.6. The molecule has 0 aromatic carbocycles. The highest BCUT2D eigenvalue weighted by molar-refractivity contribution is 5.83. The molecule has 0 aliphatic heterocycles. The van der Waals surface area contributed by atoms with Crippen LogP contribution in [0.4, 0.5) is 4.79 Å². The van der Waals surface area contributed by atoms with Crippen LogP contribution < -0.4 is 16.4 Å². The third kappa shape index (κ3) is 5.98. The zero-order valence-electron chi connectivity index (χ0n) is 13.1. The number of aliphatic carboxylic acids is 2. The average Bonchev–Trinajstić information content (AvgIpc) is 3.00. The molecular weight excluding hydrogens is 342 g/mol. The highest BCUT2D eigenvalue weighted by Gasteiger charge is 2.29. The summed E-state index contributed by atoms with van der Waals surface area (Å²) in [5.74, 6) is -3.17. The Morgan fingerprint density at radius 3 is 2.40 bits per heavy atom. The molecule has 13 heteroatoms. The van der Waals surface area contributed by atoms with Crippen molar-refractivity contribution in [3.05, 3.63) is 11.7 Å². The van der Waals surface area contributed by atoms with Crippen LogP contribution >= 0.6 is 0 Å². The number of carbonyl (C=O) groups is 3. The quantitative estimate of drug-likeness (QED) is 0.248. The summed E-state index contributed by atoms with van der Waals surface area (Å²) in [6, 6.07) is -4.91. The summed E-state index contributed by atoms with van der Waals surface area (Å²) in [4.78, 5) is 37.6. The Morgan fingerprint density at radius 1 is 1.28 bits per heavy atom. The van der Waals surface area contributed by atoms with Crippen molar-refractivity contribution in [2.75, 3.05) is 6.61 Å². The fourth-order valence-corrected chi connectivity index (χ4v) is 1.73. The van der Waals surface area contributed by atoms with Gasteiger partial charge in [-0.2, -0.15) is 4.98 Å². The molecule has 1 aromatic rings. The van der Waals surface area contributed by atoms with Crippen molar-refractivity contribution in [3.63, 3.8) is 0 Å². The predicted octanol–water partition coefficient (Wildman–Crippen LogP) is -2.29. The van der Waals surface area contributed by atoms with Crippen molar-refractivity contribution in [3.8, 4) is 0 Å². The molecule has 0 aliphatic rings. The number of carbonyl (C=O) groups excluding carboxylic acids is 1. The van der Waals surface area contributed by atoms with E-state index in [-0.39, 0.29) is 11.7 Å². The van der Waals surface area contributed by atoms with Gasteiger partial charge >= 0.3 is 18.0 Å². The third-order valence-corrected chi connectivity index (χ3v) is 3.00. The van der Waals surface area contributed by atoms with E-state index in [2.05, 4.69) is 15.5 Å². The van der Waals surface area contributed by atoms with Gasteiger partial charge in [0.1, 0.15) is 6.04 Å². The topological polar surface area (TPSA) is 221 Å². The zero-order chi connectivity index (χ0) is 19.1. The van der Waals surface area contributed by atoms with Gasteiger partial charge in [-0.05, 0) is 6.92 Å². The number of nitrogens with two attached hydrogens (primary N) is 1. The molecule has 1 aromatic heterocycles. The van der Waals surface area contributed by atoms with Gasteiger partial charge in [-0.25, -0.2) is 9.59 Å². The van der Waals surface area contributed by atoms with E-state index < -0.39 is 55.2 Å². The summed E-state index contributed by atoms with van der Waals surface area (Å²) in [5, 5.41) is 43.7. The fraction of sp³-hybridized carbons (Fsp3) is 0.583. The van der Waals surface area contributed by atoms with Crippen LogP contribution in [0, 0.1) is 0 Å². The molecule has 1 rings (SSSR count). The number of carboxylic acids is 2. The molecule has 0 spiro atoms. The highest BCUT2D eigenvalue weighted by Crippen LogP contribution is 2.17. The maximum Gasteiger partial charge on any atom is 0.328 e. The first kappa shape index (κ1) is 20.3. The van der Waals surface area contributed by atoms with Crippen LogP contribution in [0.3, 0.4) is 0 Å². The van der Waals surface area contributed by atoms with Gasteiger partial charge in [0, 0.05) is 0 Å². The van der Waals surface area contributed by atoms with Gasteiger partial charge in [-0.3, -0.25) is 4.79 Å². The number of amides is 2. The summed E-state index contributed by atoms with van der Waals surface area (Å²) in [7, 11) is 0. The van der Waals surface area contributed by atoms with Crippen molar-refractivity contribution in [2.24, 2.45) is 5.73 Å². The molecule has 0 aliphatic carbocycles. The predicted molar refractivity (Wildman–Crippen MR) is 78.1 cm³/mol. The Labute approximate surface area is 140 Å². The molecule has 0 saturated heterocycles. The van der Waals surface area contributed by atoms with Crippen molar-refractivity contribution < 1.29 is 39.3 Å². The van der Waals surface area contributed by atoms with E-state index in [9.17, 15) is 19.5 Å². The number of nitrogens with zero attached hydrogens (tertiary/aromatic N) is 2. The lowest BCUT2D eigenvalue weighted by Gasteiger charge is -2.19. The Bertz CT molecular complexity index is 618. The number of carboxylic acid groups (broad SMARTS) is 2. The first-order valence-corrected chi connectivity index (χ1v) is 7.05. The molecule has 0 bridgehead atoms. The molecule has 1 heterocycles. The number of urea groups is 1. The molecule has 2 amide bonds. The third-order valence-electron chi connectivity index (χ3n) is 3.00. The van der Waals surface area contributed by atoms with Gasteiger partial charge in [-0.15, -0.1) is 0 Å². The van der Waals surface area contributed by atoms with Crippen molar-refractivity contribution >= 4 is 18.0 Å². The Kier molecular flexibility index (Phi) is 7.22. The van der Waals surface area contributed by atoms with E-state index in [4.69, 9.17) is 25.6 Å². The second-order valence-electron chi connectivity index (χ2n) is 5.10. The largest absolute Gasteiger partial charge is 0.481 e. The van der Waals surface area contributed by atoms with Gasteiger partial charge in [0.25, 0.3) is 0 Å². The summed E-state index contributed by atoms with van der Waals surface area (Å²) in [6.45, 7) is 0.680. The Hall–Kier alpha value is -2.77. The van der Waals surface area contributed by atoms with Crippen LogP contribution in [0.1, 0.15) is 37.1 Å². The molecule has 4 atom stereocenters. The van der Waals surface area contributed by atoms with E-state index in [1.54, 1.807) is 0 Å². The molecular formula is C12H19N5O8. The zero-order valence-corrected chi connectivity index (χ0v) is 13.1. The number of hydrogen-bond donors (Lipinski definition) is 7. The Morgan fingerprint density at radius 2 is 1.92 bits per heavy atom. The summed E-state index contributed by atoms with van der Waals surface area (Å²) in [5.41, 5.74) is 5.50. The maximum atomic E-state index is 11.9. The second-order valence-corrected chi connectivity index (χ2v) is 5.10. The minimum Gasteiger partial charge on any atom is -0.481 e. The van der Waals surface area contributed by atoms with Gasteiger partial charge in [0.15, 0.2) is 11.9 Å². The van der Waals surface area contributed by atoms with E-state index in [0.717, 1.165) is 6.92 Å². The van der Waals surface area contributed by atoms with Crippen LogP contribution in [0.15, 0.2) is 4.52 Å². The Balaban J connectivity index is 2.89. The number of nitrogens with one attached hydrogen (secondary N) is 2. The smallest absolute Gasteiger partial charge is 0.328 e. The first-order valence-electron chi connectivity index (χ1n) is 7.05. The van der Waals surface area contributed by atoms with Crippen LogP contribution in [0.2, 0.25) is 0 Å². The SMILES string of the molecule is CC(O)[C@H](NC(=O)N[C@@H](CC(=O)O)c1nc([C@@H](N)CO)no1)C(=O)O. The molecule has 140 valence electrons. The maximum absolute atomic E-state index is 11.9. The van der Waals surface area contributed by atoms with E-state index >= 15 is 0 Å². The van der Waals surface area contributed by atoms with Crippen LogP contribution in [0.25, 0.3) is 0 Å². The average molecular weight is 361 g/mol. The van der Waals surface area contributed by atoms with Crippen molar-refractivity contribution in [1.82, 2.24) is 20.8 Å². The highest BCUT2D eigenvalue weighted by atomic mass is 16.5. The molecule has 0 saturated carbocycles. The van der Waals surface area contributed by atoms with Crippen LogP contribution in [-0.4, -0.2) is 67.3 Å². The molecule has 13 nitrogen and oxygen atoms in total. The molecule has 0 fully saturated rings. The summed E-state index contributed by atoms with van der Waals surface area (Å²) in [6.07, 6.45) is -2.03. The number of rotatable bonds is 9. The van der Waals surface area contributed by atoms with E-state index in [0.29, 0.717) is 0 Å². The van der Waals surface area contributed by atoms with Crippen molar-refractivity contribution in [1.29, 1.82) is 0 Å². The van der Waals surface area contributed by atoms with Crippen molar-refractivity contribution in [2.45, 2.75) is 37.6 Å². The molecule has 0 radical (unpaired) electrons. The standard InChI is InChI=1S/C12H19N5O8/c1-4(19)8(11(22)23)15-12(24)14-6(2-7(20)21)10-16-9(17-25-10)5(13)3-18/h4-6,8,18-19H,2-3,13H2,1H3,(H,20,21)(H,22,23)(H2,14,15,24)/t4?,5-,6-,8-/m0/s1. The van der Waals surface area contributed by atoms with Crippen LogP contribution in [-0.2, 0) is 9.59 Å². The van der Waals surface area contributed by atoms with Gasteiger partial charge in [0.05, 0.1) is 25.2 Å². The van der Waals surface area contributed by atoms with Crippen LogP contribution in [0.5, 0.6) is 0 Å². The number of aromatic nitrogens is 2. The number of aliphatic hydroxyl groups is 2. The molecule has 25 heavy (non-hydrogen) atoms. The molecule has 8 N–H and O–H groups in total. The minimum atomic E-state index is -1.61. The van der Waals surface area contributed by atoms with E-state index in [1.165, 1.54) is 0 Å². The number of aliphatic hydroxyl groups excluding tert-OH is 2. The van der Waals surface area contributed by atoms with Gasteiger partial charge in [-0.1, -0.05) is 5.16 Å². The molecule has 1 unspecified atom stereocenters. The summed E-state index contributed by atoms with van der Waals surface area (Å²) >= 11 is 0. The number of hydrogen-bond acceptors (Lipinski definition) is 9. The van der Waals surface area contributed by atoms with Gasteiger partial charge in [0.2, 0.25) is 5.89 Å². The second kappa shape index (κ2) is 8.91. The lowest BCUT2D eigenvalue weighted by atomic mass is 10.2. The summed E-state index contributed by atoms with van der Waals surface area (Å²) < 4.78 is 4.83. The fourth-order valence-electron chi connectivity index (χ4n) is 1.73. The lowest BCUT2D eigenvalue weighted by Crippen LogP contribution is -2.51. The van der Waals surface area contributed by atoms with E-state index in [1.807, 2.05) is 5.32 Å². The van der Waals surface area contributed by atoms with Gasteiger partial charge < -0.3 is 41.3 Å². The monoisotopic (exact) mass is 361 g/mol. The normalized spacial score (nSPS) is 15.7. The lowest BCUT2D eigenvalue weighted by molar-refractivity contribution is -0.142. The minimum absolute atomic E-state index is 0.0949.